The van der Waals surface area contributed by atoms with Crippen LogP contribution in [0.1, 0.15) is 57.3 Å². The van der Waals surface area contributed by atoms with Crippen LogP contribution in [0.4, 0.5) is 0 Å². The third-order valence-corrected chi connectivity index (χ3v) is 3.49. The largest absolute Gasteiger partial charge is 0.451 e. The summed E-state index contributed by atoms with van der Waals surface area (Å²) in [6, 6.07) is -0.490. The average Bonchev–Trinajstić information content (AvgIpc) is 3.07. The summed E-state index contributed by atoms with van der Waals surface area (Å²) in [7, 11) is 0. The standard InChI is InChI=1S/C14H21N3O4/c1-4-6-12(18)17-8-5-7-11(17)14(19)20-9(2)13-15-10(3)16-21-13/h9,11H,4-8H2,1-3H3/t9-,11+/m1/s1. The maximum atomic E-state index is 12.2. The van der Waals surface area contributed by atoms with Crippen LogP contribution < -0.4 is 0 Å². The Morgan fingerprint density at radius 3 is 2.90 bits per heavy atom. The van der Waals surface area contributed by atoms with Crippen molar-refractivity contribution in [2.45, 2.75) is 58.6 Å². The van der Waals surface area contributed by atoms with Crippen LogP contribution in [0.25, 0.3) is 0 Å². The van der Waals surface area contributed by atoms with Crippen LogP contribution in [0, 0.1) is 6.92 Å². The molecule has 116 valence electrons. The molecule has 2 heterocycles. The summed E-state index contributed by atoms with van der Waals surface area (Å²) < 4.78 is 10.3. The number of likely N-dealkylation sites (tertiary alicyclic amines) is 1. The van der Waals surface area contributed by atoms with Crippen molar-refractivity contribution in [3.63, 3.8) is 0 Å². The summed E-state index contributed by atoms with van der Waals surface area (Å²) >= 11 is 0. The predicted molar refractivity (Wildman–Crippen MR) is 73.2 cm³/mol. The molecule has 1 aliphatic heterocycles. The van der Waals surface area contributed by atoms with Crippen molar-refractivity contribution in [3.05, 3.63) is 11.7 Å². The van der Waals surface area contributed by atoms with Gasteiger partial charge in [0.15, 0.2) is 11.9 Å². The molecule has 7 heteroatoms. The molecule has 1 aromatic rings. The summed E-state index contributed by atoms with van der Waals surface area (Å²) in [4.78, 5) is 29.9. The van der Waals surface area contributed by atoms with Crippen LogP contribution in [-0.4, -0.2) is 39.5 Å². The van der Waals surface area contributed by atoms with Gasteiger partial charge >= 0.3 is 5.97 Å². The van der Waals surface area contributed by atoms with E-state index < -0.39 is 18.1 Å². The third-order valence-electron chi connectivity index (χ3n) is 3.49. The smallest absolute Gasteiger partial charge is 0.329 e. The van der Waals surface area contributed by atoms with Crippen molar-refractivity contribution in [2.24, 2.45) is 0 Å². The average molecular weight is 295 g/mol. The fourth-order valence-electron chi connectivity index (χ4n) is 2.45. The number of carbonyl (C=O) groups is 2. The zero-order chi connectivity index (χ0) is 15.4. The van der Waals surface area contributed by atoms with E-state index in [0.717, 1.165) is 12.8 Å². The SMILES string of the molecule is CCCC(=O)N1CCC[C@H]1C(=O)O[C@H](C)c1nc(C)no1. The monoisotopic (exact) mass is 295 g/mol. The molecule has 2 atom stereocenters. The van der Waals surface area contributed by atoms with Crippen molar-refractivity contribution in [1.29, 1.82) is 0 Å². The van der Waals surface area contributed by atoms with Gasteiger partial charge in [0.25, 0.3) is 5.89 Å². The fraction of sp³-hybridized carbons (Fsp3) is 0.714. The first-order valence-electron chi connectivity index (χ1n) is 7.33. The third kappa shape index (κ3) is 3.59. The van der Waals surface area contributed by atoms with Gasteiger partial charge in [-0.1, -0.05) is 12.1 Å². The van der Waals surface area contributed by atoms with Crippen molar-refractivity contribution in [2.75, 3.05) is 6.54 Å². The van der Waals surface area contributed by atoms with E-state index >= 15 is 0 Å². The molecule has 0 aliphatic carbocycles. The summed E-state index contributed by atoms with van der Waals surface area (Å²) in [6.07, 6.45) is 2.09. The van der Waals surface area contributed by atoms with Crippen molar-refractivity contribution >= 4 is 11.9 Å². The molecule has 1 aliphatic rings. The van der Waals surface area contributed by atoms with Crippen LogP contribution in [0.15, 0.2) is 4.52 Å². The second-order valence-corrected chi connectivity index (χ2v) is 5.25. The molecule has 1 amide bonds. The highest BCUT2D eigenvalue weighted by Gasteiger charge is 2.36. The van der Waals surface area contributed by atoms with Crippen molar-refractivity contribution < 1.29 is 18.8 Å². The van der Waals surface area contributed by atoms with Gasteiger partial charge in [0.2, 0.25) is 5.91 Å². The maximum absolute atomic E-state index is 12.2. The van der Waals surface area contributed by atoms with Gasteiger partial charge in [0, 0.05) is 13.0 Å². The first kappa shape index (κ1) is 15.5. The molecule has 0 N–H and O–H groups in total. The molecule has 1 fully saturated rings. The Morgan fingerprint density at radius 1 is 1.52 bits per heavy atom. The molecule has 0 radical (unpaired) electrons. The molecule has 2 rings (SSSR count). The second kappa shape index (κ2) is 6.69. The van der Waals surface area contributed by atoms with Crippen LogP contribution >= 0.6 is 0 Å². The lowest BCUT2D eigenvalue weighted by Gasteiger charge is -2.24. The normalized spacial score (nSPS) is 19.6. The molecule has 0 aromatic carbocycles. The lowest BCUT2D eigenvalue weighted by molar-refractivity contribution is -0.158. The first-order valence-corrected chi connectivity index (χ1v) is 7.33. The molecule has 0 unspecified atom stereocenters. The van der Waals surface area contributed by atoms with E-state index in [9.17, 15) is 9.59 Å². The zero-order valence-corrected chi connectivity index (χ0v) is 12.7. The van der Waals surface area contributed by atoms with E-state index in [1.807, 2.05) is 6.92 Å². The van der Waals surface area contributed by atoms with Gasteiger partial charge in [-0.25, -0.2) is 4.79 Å². The first-order chi connectivity index (χ1) is 10.0. The number of aromatic nitrogens is 2. The highest BCUT2D eigenvalue weighted by Crippen LogP contribution is 2.23. The number of carbonyl (C=O) groups excluding carboxylic acids is 2. The van der Waals surface area contributed by atoms with E-state index in [1.165, 1.54) is 0 Å². The van der Waals surface area contributed by atoms with Gasteiger partial charge in [-0.15, -0.1) is 0 Å². The number of rotatable bonds is 5. The minimum Gasteiger partial charge on any atom is -0.451 e. The quantitative estimate of drug-likeness (QED) is 0.770. The molecule has 0 spiro atoms. The molecule has 1 aromatic heterocycles. The van der Waals surface area contributed by atoms with E-state index in [-0.39, 0.29) is 11.8 Å². The molecule has 21 heavy (non-hydrogen) atoms. The Balaban J connectivity index is 1.97. The number of esters is 1. The minimum absolute atomic E-state index is 0.0123. The van der Waals surface area contributed by atoms with Gasteiger partial charge < -0.3 is 14.2 Å². The summed E-state index contributed by atoms with van der Waals surface area (Å²) in [5, 5.41) is 3.67. The van der Waals surface area contributed by atoms with Crippen LogP contribution in [0.2, 0.25) is 0 Å². The van der Waals surface area contributed by atoms with Crippen LogP contribution in [-0.2, 0) is 14.3 Å². The van der Waals surface area contributed by atoms with Gasteiger partial charge in [0.1, 0.15) is 6.04 Å². The Morgan fingerprint density at radius 2 is 2.29 bits per heavy atom. The Kier molecular flexibility index (Phi) is 4.93. The van der Waals surface area contributed by atoms with E-state index in [4.69, 9.17) is 9.26 Å². The number of hydrogen-bond acceptors (Lipinski definition) is 6. The van der Waals surface area contributed by atoms with Gasteiger partial charge in [-0.3, -0.25) is 4.79 Å². The van der Waals surface area contributed by atoms with E-state index in [1.54, 1.807) is 18.7 Å². The summed E-state index contributed by atoms with van der Waals surface area (Å²) in [5.41, 5.74) is 0. The molecule has 0 bridgehead atoms. The van der Waals surface area contributed by atoms with Gasteiger partial charge in [-0.05, 0) is 33.1 Å². The number of nitrogens with zero attached hydrogens (tertiary/aromatic N) is 3. The molecule has 1 saturated heterocycles. The Labute approximate surface area is 123 Å². The van der Waals surface area contributed by atoms with E-state index in [0.29, 0.717) is 25.2 Å². The molecule has 0 saturated carbocycles. The van der Waals surface area contributed by atoms with E-state index in [2.05, 4.69) is 10.1 Å². The zero-order valence-electron chi connectivity index (χ0n) is 12.7. The van der Waals surface area contributed by atoms with Crippen LogP contribution in [0.3, 0.4) is 0 Å². The number of hydrogen-bond donors (Lipinski definition) is 0. The van der Waals surface area contributed by atoms with Gasteiger partial charge in [0.05, 0.1) is 0 Å². The lowest BCUT2D eigenvalue weighted by Crippen LogP contribution is -2.41. The number of aryl methyl sites for hydroxylation is 1. The number of amides is 1. The van der Waals surface area contributed by atoms with Crippen LogP contribution in [0.5, 0.6) is 0 Å². The van der Waals surface area contributed by atoms with Crippen molar-refractivity contribution in [1.82, 2.24) is 15.0 Å². The summed E-state index contributed by atoms with van der Waals surface area (Å²) in [5.74, 6) is 0.373. The fourth-order valence-corrected chi connectivity index (χ4v) is 2.45. The summed E-state index contributed by atoms with van der Waals surface area (Å²) in [6.45, 7) is 5.94. The number of ether oxygens (including phenoxy) is 1. The Hall–Kier alpha value is -1.92. The molecular formula is C14H21N3O4. The molecule has 7 nitrogen and oxygen atoms in total. The molecular weight excluding hydrogens is 274 g/mol. The predicted octanol–water partition coefficient (Wildman–Crippen LogP) is 1.77. The highest BCUT2D eigenvalue weighted by atomic mass is 16.6. The second-order valence-electron chi connectivity index (χ2n) is 5.25. The van der Waals surface area contributed by atoms with Crippen molar-refractivity contribution in [3.8, 4) is 0 Å². The lowest BCUT2D eigenvalue weighted by atomic mass is 10.2. The topological polar surface area (TPSA) is 85.5 Å². The highest BCUT2D eigenvalue weighted by molar-refractivity contribution is 5.85. The minimum atomic E-state index is -0.609. The van der Waals surface area contributed by atoms with Gasteiger partial charge in [-0.2, -0.15) is 4.98 Å². The maximum Gasteiger partial charge on any atom is 0.329 e. The Bertz CT molecular complexity index is 514.